The zero-order valence-corrected chi connectivity index (χ0v) is 5.49. The summed E-state index contributed by atoms with van der Waals surface area (Å²) in [6.45, 7) is 0.650. The van der Waals surface area contributed by atoms with E-state index in [1.807, 2.05) is 0 Å². The summed E-state index contributed by atoms with van der Waals surface area (Å²) in [4.78, 5) is 1.45. The maximum Gasteiger partial charge on any atom is 0.188 e. The molecule has 0 radical (unpaired) electrons. The molecule has 0 bridgehead atoms. The minimum atomic E-state index is -1.38. The van der Waals surface area contributed by atoms with Gasteiger partial charge in [0.05, 0.1) is 6.04 Å². The van der Waals surface area contributed by atoms with Crippen LogP contribution in [0.3, 0.4) is 0 Å². The summed E-state index contributed by atoms with van der Waals surface area (Å²) in [5, 5.41) is 24.3. The maximum atomic E-state index is 8.65. The third-order valence-corrected chi connectivity index (χ3v) is 1.72. The van der Waals surface area contributed by atoms with Crippen LogP contribution in [0.15, 0.2) is 0 Å². The van der Waals surface area contributed by atoms with Crippen molar-refractivity contribution in [2.24, 2.45) is 5.73 Å². The van der Waals surface area contributed by atoms with Crippen LogP contribution in [-0.4, -0.2) is 39.9 Å². The first kappa shape index (κ1) is 7.30. The number of hydrogen-bond donors (Lipinski definition) is 4. The van der Waals surface area contributed by atoms with Gasteiger partial charge in [0.15, 0.2) is 12.2 Å². The quantitative estimate of drug-likeness (QED) is 0.200. The maximum absolute atomic E-state index is 8.65. The van der Waals surface area contributed by atoms with Crippen molar-refractivity contribution in [3.8, 4) is 0 Å². The van der Waals surface area contributed by atoms with Gasteiger partial charge in [-0.1, -0.05) is 0 Å². The number of rotatable bonds is 1. The van der Waals surface area contributed by atoms with E-state index in [2.05, 4.69) is 0 Å². The molecule has 10 heavy (non-hydrogen) atoms. The summed E-state index contributed by atoms with van der Waals surface area (Å²) in [6, 6.07) is -0.363. The van der Waals surface area contributed by atoms with E-state index < -0.39 is 6.29 Å². The van der Waals surface area contributed by atoms with Crippen LogP contribution in [0.1, 0.15) is 6.42 Å². The molecule has 0 aromatic carbocycles. The standard InChI is InChI=1S/C5H11N3O2/c6-5(7)8-2-1-3(8)4(9)10/h3-4,9-10H,1-2H2,(H3,6,7)/t3-/m1/s1. The van der Waals surface area contributed by atoms with Crippen molar-refractivity contribution in [1.82, 2.24) is 4.90 Å². The summed E-state index contributed by atoms with van der Waals surface area (Å²) >= 11 is 0. The van der Waals surface area contributed by atoms with Gasteiger partial charge in [0.1, 0.15) is 0 Å². The predicted octanol–water partition coefficient (Wildman–Crippen LogP) is -1.74. The smallest absolute Gasteiger partial charge is 0.188 e. The van der Waals surface area contributed by atoms with Crippen LogP contribution in [0, 0.1) is 5.41 Å². The van der Waals surface area contributed by atoms with E-state index in [1.165, 1.54) is 4.90 Å². The Morgan fingerprint density at radius 2 is 2.30 bits per heavy atom. The van der Waals surface area contributed by atoms with Crippen molar-refractivity contribution in [2.75, 3.05) is 6.54 Å². The first-order chi connectivity index (χ1) is 4.63. The average molecular weight is 145 g/mol. The van der Waals surface area contributed by atoms with Crippen LogP contribution in [0.2, 0.25) is 0 Å². The molecule has 0 unspecified atom stereocenters. The Morgan fingerprint density at radius 1 is 1.70 bits per heavy atom. The van der Waals surface area contributed by atoms with E-state index >= 15 is 0 Å². The number of guanidine groups is 1. The molecule has 5 N–H and O–H groups in total. The van der Waals surface area contributed by atoms with E-state index in [-0.39, 0.29) is 12.0 Å². The highest BCUT2D eigenvalue weighted by Crippen LogP contribution is 2.18. The minimum absolute atomic E-state index is 0.0932. The van der Waals surface area contributed by atoms with Crippen molar-refractivity contribution < 1.29 is 10.2 Å². The lowest BCUT2D eigenvalue weighted by molar-refractivity contribution is -0.113. The lowest BCUT2D eigenvalue weighted by atomic mass is 10.0. The van der Waals surface area contributed by atoms with E-state index in [9.17, 15) is 0 Å². The number of likely N-dealkylation sites (tertiary alicyclic amines) is 1. The number of aliphatic hydroxyl groups excluding tert-OH is 1. The summed E-state index contributed by atoms with van der Waals surface area (Å²) in [5.41, 5.74) is 5.11. The molecular formula is C5H11N3O2. The Hall–Kier alpha value is -0.810. The van der Waals surface area contributed by atoms with Gasteiger partial charge in [0.2, 0.25) is 0 Å². The number of aliphatic hydroxyl groups is 2. The minimum Gasteiger partial charge on any atom is -0.370 e. The van der Waals surface area contributed by atoms with Crippen molar-refractivity contribution in [3.05, 3.63) is 0 Å². The van der Waals surface area contributed by atoms with Gasteiger partial charge in [-0.3, -0.25) is 5.41 Å². The second-order valence-electron chi connectivity index (χ2n) is 2.35. The second kappa shape index (κ2) is 2.43. The molecule has 1 aliphatic rings. The number of nitrogens with zero attached hydrogens (tertiary/aromatic N) is 1. The number of hydrogen-bond acceptors (Lipinski definition) is 3. The van der Waals surface area contributed by atoms with E-state index in [4.69, 9.17) is 21.4 Å². The van der Waals surface area contributed by atoms with Crippen molar-refractivity contribution in [3.63, 3.8) is 0 Å². The molecule has 0 spiro atoms. The fourth-order valence-electron chi connectivity index (χ4n) is 1.02. The molecule has 1 saturated heterocycles. The second-order valence-corrected chi connectivity index (χ2v) is 2.35. The first-order valence-corrected chi connectivity index (χ1v) is 3.09. The van der Waals surface area contributed by atoms with Crippen molar-refractivity contribution >= 4 is 5.96 Å². The topological polar surface area (TPSA) is 93.6 Å². The Balaban J connectivity index is 2.43. The van der Waals surface area contributed by atoms with Crippen LogP contribution in [-0.2, 0) is 0 Å². The molecule has 1 heterocycles. The van der Waals surface area contributed by atoms with Gasteiger partial charge < -0.3 is 20.8 Å². The largest absolute Gasteiger partial charge is 0.370 e. The van der Waals surface area contributed by atoms with Crippen LogP contribution in [0.25, 0.3) is 0 Å². The number of nitrogens with one attached hydrogen (secondary N) is 1. The highest BCUT2D eigenvalue weighted by Gasteiger charge is 2.33. The average Bonchev–Trinajstić information content (AvgIpc) is 1.56. The van der Waals surface area contributed by atoms with Crippen LogP contribution >= 0.6 is 0 Å². The molecule has 58 valence electrons. The predicted molar refractivity (Wildman–Crippen MR) is 35.3 cm³/mol. The van der Waals surface area contributed by atoms with Crippen LogP contribution in [0.5, 0.6) is 0 Å². The first-order valence-electron chi connectivity index (χ1n) is 3.09. The molecule has 1 atom stereocenters. The van der Waals surface area contributed by atoms with Crippen LogP contribution in [0.4, 0.5) is 0 Å². The molecule has 0 amide bonds. The van der Waals surface area contributed by atoms with Crippen molar-refractivity contribution in [1.29, 1.82) is 5.41 Å². The molecule has 1 fully saturated rings. The molecule has 5 heteroatoms. The van der Waals surface area contributed by atoms with Gasteiger partial charge in [0.25, 0.3) is 0 Å². The molecule has 0 saturated carbocycles. The third kappa shape index (κ3) is 1.05. The van der Waals surface area contributed by atoms with E-state index in [0.29, 0.717) is 13.0 Å². The third-order valence-electron chi connectivity index (χ3n) is 1.72. The van der Waals surface area contributed by atoms with Crippen molar-refractivity contribution in [2.45, 2.75) is 18.8 Å². The van der Waals surface area contributed by atoms with Gasteiger partial charge in [0, 0.05) is 6.54 Å². The SMILES string of the molecule is N=C(N)N1CC[C@@H]1C(O)O. The fourth-order valence-corrected chi connectivity index (χ4v) is 1.02. The monoisotopic (exact) mass is 145 g/mol. The number of nitrogens with two attached hydrogens (primary N) is 1. The van der Waals surface area contributed by atoms with Crippen LogP contribution < -0.4 is 5.73 Å². The van der Waals surface area contributed by atoms with Gasteiger partial charge in [-0.05, 0) is 6.42 Å². The normalized spacial score (nSPS) is 24.7. The van der Waals surface area contributed by atoms with Gasteiger partial charge in [-0.25, -0.2) is 0 Å². The van der Waals surface area contributed by atoms with Gasteiger partial charge >= 0.3 is 0 Å². The van der Waals surface area contributed by atoms with Gasteiger partial charge in [-0.15, -0.1) is 0 Å². The summed E-state index contributed by atoms with van der Waals surface area (Å²) in [7, 11) is 0. The summed E-state index contributed by atoms with van der Waals surface area (Å²) in [5.74, 6) is -0.0932. The molecule has 1 aliphatic heterocycles. The highest BCUT2D eigenvalue weighted by molar-refractivity contribution is 5.75. The Morgan fingerprint density at radius 3 is 2.40 bits per heavy atom. The zero-order chi connectivity index (χ0) is 7.72. The zero-order valence-electron chi connectivity index (χ0n) is 5.49. The Bertz CT molecular complexity index is 148. The van der Waals surface area contributed by atoms with E-state index in [0.717, 1.165) is 0 Å². The van der Waals surface area contributed by atoms with E-state index in [1.54, 1.807) is 0 Å². The Kier molecular flexibility index (Phi) is 1.78. The summed E-state index contributed by atoms with van der Waals surface area (Å²) in [6.07, 6.45) is -0.685. The molecule has 1 rings (SSSR count). The Labute approximate surface area is 58.6 Å². The molecule has 0 aliphatic carbocycles. The van der Waals surface area contributed by atoms with Gasteiger partial charge in [-0.2, -0.15) is 0 Å². The highest BCUT2D eigenvalue weighted by atomic mass is 16.5. The fraction of sp³-hybridized carbons (Fsp3) is 0.800. The molecule has 0 aromatic rings. The summed E-state index contributed by atoms with van der Waals surface area (Å²) < 4.78 is 0. The molecule has 5 nitrogen and oxygen atoms in total. The lowest BCUT2D eigenvalue weighted by Gasteiger charge is -2.41. The molecular weight excluding hydrogens is 134 g/mol. The lowest BCUT2D eigenvalue weighted by Crippen LogP contribution is -2.58. The molecule has 0 aromatic heterocycles.